The average Bonchev–Trinajstić information content (AvgIpc) is 2.76. The number of para-hydroxylation sites is 1. The third-order valence-corrected chi connectivity index (χ3v) is 5.53. The molecule has 0 spiro atoms. The molecule has 164 valence electrons. The van der Waals surface area contributed by atoms with E-state index >= 15 is 0 Å². The van der Waals surface area contributed by atoms with Crippen LogP contribution in [0.4, 0.5) is 5.69 Å². The highest BCUT2D eigenvalue weighted by Crippen LogP contribution is 2.23. The molecule has 2 heterocycles. The summed E-state index contributed by atoms with van der Waals surface area (Å²) < 4.78 is 1.31. The third kappa shape index (κ3) is 4.15. The maximum atomic E-state index is 13.2. The fourth-order valence-corrected chi connectivity index (χ4v) is 3.90. The number of aromatic nitrogens is 2. The smallest absolute Gasteiger partial charge is 0.262 e. The van der Waals surface area contributed by atoms with Gasteiger partial charge in [0.15, 0.2) is 0 Å². The van der Waals surface area contributed by atoms with Gasteiger partial charge in [-0.2, -0.15) is 0 Å². The van der Waals surface area contributed by atoms with Crippen molar-refractivity contribution in [2.45, 2.75) is 38.8 Å². The lowest BCUT2D eigenvalue weighted by Crippen LogP contribution is -2.45. The Labute approximate surface area is 183 Å². The lowest BCUT2D eigenvalue weighted by Gasteiger charge is -2.24. The van der Waals surface area contributed by atoms with E-state index < -0.39 is 17.5 Å². The van der Waals surface area contributed by atoms with E-state index in [1.165, 1.54) is 4.57 Å². The van der Waals surface area contributed by atoms with E-state index in [2.05, 4.69) is 15.6 Å². The minimum Gasteiger partial charge on any atom is -0.326 e. The largest absolute Gasteiger partial charge is 0.326 e. The van der Waals surface area contributed by atoms with E-state index in [9.17, 15) is 19.2 Å². The molecule has 0 aliphatic carbocycles. The maximum Gasteiger partial charge on any atom is 0.262 e. The molecule has 9 nitrogen and oxygen atoms in total. The number of aryl methyl sites for hydroxylation is 1. The number of nitrogens with two attached hydrogens (primary N) is 1. The molecular weight excluding hydrogens is 410 g/mol. The first-order valence-corrected chi connectivity index (χ1v) is 10.3. The van der Waals surface area contributed by atoms with Gasteiger partial charge in [0.2, 0.25) is 17.7 Å². The van der Waals surface area contributed by atoms with E-state index in [0.717, 1.165) is 11.1 Å². The predicted molar refractivity (Wildman–Crippen MR) is 119 cm³/mol. The summed E-state index contributed by atoms with van der Waals surface area (Å²) in [4.78, 5) is 54.1. The molecule has 0 radical (unpaired) electrons. The second kappa shape index (κ2) is 8.72. The summed E-state index contributed by atoms with van der Waals surface area (Å²) >= 11 is 0. The van der Waals surface area contributed by atoms with Crippen molar-refractivity contribution in [1.29, 1.82) is 0 Å². The van der Waals surface area contributed by atoms with Crippen molar-refractivity contribution in [3.8, 4) is 0 Å². The summed E-state index contributed by atoms with van der Waals surface area (Å²) in [5.74, 6) is -0.783. The van der Waals surface area contributed by atoms with Gasteiger partial charge in [0.25, 0.3) is 5.56 Å². The van der Waals surface area contributed by atoms with Gasteiger partial charge < -0.3 is 11.1 Å². The topological polar surface area (TPSA) is 136 Å². The van der Waals surface area contributed by atoms with Crippen LogP contribution < -0.4 is 21.9 Å². The van der Waals surface area contributed by atoms with Crippen molar-refractivity contribution < 1.29 is 14.4 Å². The lowest BCUT2D eigenvalue weighted by molar-refractivity contribution is -0.135. The molecule has 1 atom stereocenters. The Balaban J connectivity index is 1.63. The number of rotatable bonds is 5. The number of hydrogen-bond donors (Lipinski definition) is 3. The normalized spacial score (nSPS) is 16.1. The van der Waals surface area contributed by atoms with Gasteiger partial charge >= 0.3 is 0 Å². The zero-order valence-corrected chi connectivity index (χ0v) is 17.6. The highest BCUT2D eigenvalue weighted by Gasteiger charge is 2.30. The highest BCUT2D eigenvalue weighted by molar-refractivity contribution is 6.01. The molecule has 3 amide bonds. The Morgan fingerprint density at radius 1 is 1.16 bits per heavy atom. The number of amides is 3. The van der Waals surface area contributed by atoms with Crippen LogP contribution in [0, 0.1) is 6.92 Å². The molecule has 3 aromatic rings. The van der Waals surface area contributed by atoms with Gasteiger partial charge in [0.05, 0.1) is 17.5 Å². The molecule has 1 aliphatic heterocycles. The zero-order valence-electron chi connectivity index (χ0n) is 17.6. The summed E-state index contributed by atoms with van der Waals surface area (Å²) in [5.41, 5.74) is 7.80. The lowest BCUT2D eigenvalue weighted by atomic mass is 10.1. The minimum absolute atomic E-state index is 0.155. The van der Waals surface area contributed by atoms with Crippen LogP contribution >= 0.6 is 0 Å². The number of carbonyl (C=O) groups excluding carboxylic acids is 3. The number of piperidine rings is 1. The molecular formula is C23H23N5O4. The van der Waals surface area contributed by atoms with Gasteiger partial charge in [0, 0.05) is 13.0 Å². The van der Waals surface area contributed by atoms with Crippen LogP contribution in [0.3, 0.4) is 0 Å². The van der Waals surface area contributed by atoms with Crippen LogP contribution in [-0.2, 0) is 27.3 Å². The summed E-state index contributed by atoms with van der Waals surface area (Å²) in [6.45, 7) is 2.06. The number of fused-ring (bicyclic) bond motifs is 1. The minimum atomic E-state index is -0.799. The molecule has 1 aliphatic rings. The number of benzene rings is 2. The Bertz CT molecular complexity index is 1280. The number of imide groups is 1. The maximum absolute atomic E-state index is 13.2. The van der Waals surface area contributed by atoms with Crippen molar-refractivity contribution >= 4 is 34.3 Å². The Morgan fingerprint density at radius 2 is 1.88 bits per heavy atom. The third-order valence-electron chi connectivity index (χ3n) is 5.53. The molecule has 2 aromatic carbocycles. The molecule has 32 heavy (non-hydrogen) atoms. The monoisotopic (exact) mass is 433 g/mol. The first-order valence-electron chi connectivity index (χ1n) is 10.3. The summed E-state index contributed by atoms with van der Waals surface area (Å²) in [5, 5.41) is 5.38. The molecule has 0 saturated carbocycles. The predicted octanol–water partition coefficient (Wildman–Crippen LogP) is 1.32. The molecule has 4 N–H and O–H groups in total. The second-order valence-corrected chi connectivity index (χ2v) is 7.75. The van der Waals surface area contributed by atoms with E-state index in [-0.39, 0.29) is 36.5 Å². The van der Waals surface area contributed by atoms with Gasteiger partial charge in [-0.3, -0.25) is 29.1 Å². The van der Waals surface area contributed by atoms with Gasteiger partial charge in [-0.05, 0) is 36.6 Å². The first-order chi connectivity index (χ1) is 15.4. The van der Waals surface area contributed by atoms with E-state index in [1.54, 1.807) is 25.1 Å². The molecule has 1 fully saturated rings. The molecule has 9 heteroatoms. The summed E-state index contributed by atoms with van der Waals surface area (Å²) in [7, 11) is 0. The van der Waals surface area contributed by atoms with Crippen LogP contribution in [0.1, 0.15) is 35.8 Å². The first kappa shape index (κ1) is 21.4. The number of nitrogens with one attached hydrogen (secondary N) is 2. The number of carbonyl (C=O) groups is 3. The Morgan fingerprint density at radius 3 is 2.56 bits per heavy atom. The fourth-order valence-electron chi connectivity index (χ4n) is 3.90. The zero-order chi connectivity index (χ0) is 22.8. The van der Waals surface area contributed by atoms with Crippen LogP contribution in [0.15, 0.2) is 47.3 Å². The van der Waals surface area contributed by atoms with Gasteiger partial charge in [-0.15, -0.1) is 0 Å². The molecule has 1 saturated heterocycles. The van der Waals surface area contributed by atoms with E-state index in [0.29, 0.717) is 23.6 Å². The van der Waals surface area contributed by atoms with Gasteiger partial charge in [-0.1, -0.05) is 30.3 Å². The second-order valence-electron chi connectivity index (χ2n) is 7.75. The molecule has 1 unspecified atom stereocenters. The van der Waals surface area contributed by atoms with Gasteiger partial charge in [-0.25, -0.2) is 4.98 Å². The van der Waals surface area contributed by atoms with Crippen LogP contribution in [0.2, 0.25) is 0 Å². The Hall–Kier alpha value is -3.85. The summed E-state index contributed by atoms with van der Waals surface area (Å²) in [6.07, 6.45) is 0.550. The van der Waals surface area contributed by atoms with E-state index in [1.807, 2.05) is 24.3 Å². The van der Waals surface area contributed by atoms with Crippen molar-refractivity contribution in [1.82, 2.24) is 14.9 Å². The fraction of sp³-hybridized carbons (Fsp3) is 0.261. The van der Waals surface area contributed by atoms with Crippen LogP contribution in [0.25, 0.3) is 10.9 Å². The van der Waals surface area contributed by atoms with Gasteiger partial charge in [0.1, 0.15) is 17.4 Å². The molecule has 0 bridgehead atoms. The number of nitrogens with zero attached hydrogens (tertiary/aromatic N) is 2. The average molecular weight is 433 g/mol. The van der Waals surface area contributed by atoms with E-state index in [4.69, 9.17) is 5.73 Å². The van der Waals surface area contributed by atoms with Crippen molar-refractivity contribution in [2.75, 3.05) is 5.32 Å². The Kier molecular flexibility index (Phi) is 5.83. The highest BCUT2D eigenvalue weighted by atomic mass is 16.2. The van der Waals surface area contributed by atoms with Crippen molar-refractivity contribution in [2.24, 2.45) is 5.73 Å². The van der Waals surface area contributed by atoms with Crippen molar-refractivity contribution in [3.63, 3.8) is 0 Å². The van der Waals surface area contributed by atoms with Crippen molar-refractivity contribution in [3.05, 3.63) is 69.8 Å². The standard InChI is InChI=1S/C23H23N5O4/c1-13-25-21-16(23(32)28(13)18-9-10-19(29)27-22(18)31)3-2-4-17(21)26-20(30)11-14-5-7-15(12-24)8-6-14/h2-8,18H,9-12,24H2,1H3,(H,26,30)(H,27,29,31). The molecule has 1 aromatic heterocycles. The van der Waals surface area contributed by atoms with Crippen LogP contribution in [0.5, 0.6) is 0 Å². The number of hydrogen-bond acceptors (Lipinski definition) is 6. The number of anilines is 1. The quantitative estimate of drug-likeness (QED) is 0.519. The SMILES string of the molecule is Cc1nc2c(NC(=O)Cc3ccc(CN)cc3)cccc2c(=O)n1C1CCC(=O)NC1=O. The molecule has 4 rings (SSSR count). The summed E-state index contributed by atoms with van der Waals surface area (Å²) in [6, 6.07) is 11.6. The van der Waals surface area contributed by atoms with Crippen LogP contribution in [-0.4, -0.2) is 27.3 Å².